The van der Waals surface area contributed by atoms with Crippen LogP contribution in [0.3, 0.4) is 0 Å². The molecular weight excluding hydrogens is 497 g/mol. The van der Waals surface area contributed by atoms with E-state index >= 15 is 0 Å². The van der Waals surface area contributed by atoms with Crippen molar-refractivity contribution in [2.75, 3.05) is 20.4 Å². The van der Waals surface area contributed by atoms with Crippen molar-refractivity contribution in [1.82, 2.24) is 15.7 Å². The summed E-state index contributed by atoms with van der Waals surface area (Å²) in [7, 11) is 0.990. The Morgan fingerprint density at radius 3 is 2.57 bits per heavy atom. The van der Waals surface area contributed by atoms with Crippen LogP contribution in [-0.2, 0) is 14.4 Å². The number of nitrogens with one attached hydrogen (secondary N) is 2. The van der Waals surface area contributed by atoms with Gasteiger partial charge in [-0.2, -0.15) is 0 Å². The predicted molar refractivity (Wildman–Crippen MR) is 143 cm³/mol. The maximum Gasteiger partial charge on any atom is 0.288 e. The molecule has 0 aliphatic carbocycles. The lowest BCUT2D eigenvalue weighted by molar-refractivity contribution is -0.181. The smallest absolute Gasteiger partial charge is 0.288 e. The maximum absolute atomic E-state index is 13.0. The van der Waals surface area contributed by atoms with Crippen molar-refractivity contribution in [2.24, 2.45) is 5.92 Å². The Bertz CT molecular complexity index is 1010. The van der Waals surface area contributed by atoms with Crippen LogP contribution in [0.2, 0.25) is 0 Å². The minimum atomic E-state index is -0.488. The molecule has 204 valence electrons. The Morgan fingerprint density at radius 2 is 1.95 bits per heavy atom. The Kier molecular flexibility index (Phi) is 13.1. The first-order valence-electron chi connectivity index (χ1n) is 12.5. The van der Waals surface area contributed by atoms with E-state index in [2.05, 4.69) is 17.6 Å². The first-order valence-corrected chi connectivity index (χ1v) is 13.5. The van der Waals surface area contributed by atoms with E-state index in [-0.39, 0.29) is 18.3 Å². The SMILES string of the molecule is CCCCCC(C(=O)NCNC(=O)c1ccc(-c2cc(OCC)cc(PO)c2)o1)C(CC)N(C=O)OC. The van der Waals surface area contributed by atoms with Gasteiger partial charge >= 0.3 is 0 Å². The number of carbonyl (C=O) groups is 3. The van der Waals surface area contributed by atoms with Gasteiger partial charge in [0.15, 0.2) is 5.76 Å². The molecule has 0 radical (unpaired) electrons. The number of amides is 3. The Hall–Kier alpha value is -2.94. The number of benzene rings is 1. The van der Waals surface area contributed by atoms with Crippen molar-refractivity contribution in [2.45, 2.75) is 58.9 Å². The highest BCUT2D eigenvalue weighted by Gasteiger charge is 2.31. The Balaban J connectivity index is 2.04. The van der Waals surface area contributed by atoms with Gasteiger partial charge < -0.3 is 24.7 Å². The van der Waals surface area contributed by atoms with Crippen molar-refractivity contribution in [3.8, 4) is 17.1 Å². The van der Waals surface area contributed by atoms with Crippen molar-refractivity contribution in [3.05, 3.63) is 36.1 Å². The number of carbonyl (C=O) groups excluding carboxylic acids is 3. The van der Waals surface area contributed by atoms with Gasteiger partial charge in [0.1, 0.15) is 11.5 Å². The summed E-state index contributed by atoms with van der Waals surface area (Å²) in [6.07, 6.45) is 4.54. The second-order valence-electron chi connectivity index (χ2n) is 8.40. The zero-order valence-electron chi connectivity index (χ0n) is 21.9. The minimum Gasteiger partial charge on any atom is -0.494 e. The molecule has 2 aromatic rings. The molecule has 11 heteroatoms. The van der Waals surface area contributed by atoms with Gasteiger partial charge in [0, 0.05) is 19.7 Å². The normalized spacial score (nSPS) is 12.8. The number of hydrogen-bond acceptors (Lipinski definition) is 7. The van der Waals surface area contributed by atoms with E-state index in [4.69, 9.17) is 14.0 Å². The molecule has 2 rings (SSSR count). The molecule has 37 heavy (non-hydrogen) atoms. The quantitative estimate of drug-likeness (QED) is 0.0931. The Labute approximate surface area is 219 Å². The molecule has 0 aliphatic rings. The standard InChI is InChI=1S/C26H38N3O7P/c1-5-8-9-10-21(22(6-2)29(17-30)34-4)25(31)27-16-28-26(32)24-12-11-23(36-24)18-13-19(35-7-3)15-20(14-18)37-33/h11-15,17,21-22,33,37H,5-10,16H2,1-4H3,(H,27,31)(H,28,32). The highest BCUT2D eigenvalue weighted by molar-refractivity contribution is 7.40. The van der Waals surface area contributed by atoms with E-state index < -0.39 is 26.7 Å². The van der Waals surface area contributed by atoms with Crippen LogP contribution in [0.25, 0.3) is 11.3 Å². The third kappa shape index (κ3) is 8.84. The molecule has 3 N–H and O–H groups in total. The number of hydroxylamine groups is 2. The molecular formula is C26H38N3O7P. The largest absolute Gasteiger partial charge is 0.494 e. The summed E-state index contributed by atoms with van der Waals surface area (Å²) in [6.45, 7) is 6.22. The van der Waals surface area contributed by atoms with Crippen LogP contribution in [0, 0.1) is 5.92 Å². The molecule has 1 aromatic carbocycles. The van der Waals surface area contributed by atoms with Gasteiger partial charge in [-0.25, -0.2) is 5.06 Å². The molecule has 0 aliphatic heterocycles. The minimum absolute atomic E-state index is 0.0801. The van der Waals surface area contributed by atoms with Crippen molar-refractivity contribution < 1.29 is 33.3 Å². The summed E-state index contributed by atoms with van der Waals surface area (Å²) in [6, 6.07) is 8.09. The molecule has 0 saturated carbocycles. The molecule has 0 saturated heterocycles. The third-order valence-corrected chi connectivity index (χ3v) is 6.50. The molecule has 3 unspecified atom stereocenters. The number of nitrogens with zero attached hydrogens (tertiary/aromatic N) is 1. The summed E-state index contributed by atoms with van der Waals surface area (Å²) in [5.74, 6) is -0.104. The molecule has 1 heterocycles. The van der Waals surface area contributed by atoms with Crippen LogP contribution < -0.4 is 20.7 Å². The first-order chi connectivity index (χ1) is 17.9. The van der Waals surface area contributed by atoms with Crippen LogP contribution in [0.1, 0.15) is 63.4 Å². The van der Waals surface area contributed by atoms with E-state index in [1.807, 2.05) is 13.8 Å². The summed E-state index contributed by atoms with van der Waals surface area (Å²) in [4.78, 5) is 51.8. The van der Waals surface area contributed by atoms with E-state index in [0.29, 0.717) is 48.2 Å². The maximum atomic E-state index is 13.0. The number of furan rings is 1. The van der Waals surface area contributed by atoms with Crippen molar-refractivity contribution in [3.63, 3.8) is 0 Å². The van der Waals surface area contributed by atoms with Crippen LogP contribution >= 0.6 is 8.81 Å². The first kappa shape index (κ1) is 30.3. The van der Waals surface area contributed by atoms with Crippen molar-refractivity contribution >= 4 is 32.3 Å². The molecule has 0 fully saturated rings. The summed E-state index contributed by atoms with van der Waals surface area (Å²) in [5.41, 5.74) is 0.674. The van der Waals surface area contributed by atoms with E-state index in [1.54, 1.807) is 30.3 Å². The zero-order chi connectivity index (χ0) is 27.2. The number of rotatable bonds is 17. The fourth-order valence-corrected chi connectivity index (χ4v) is 4.54. The number of ether oxygens (including phenoxy) is 1. The van der Waals surface area contributed by atoms with E-state index in [9.17, 15) is 19.3 Å². The third-order valence-electron chi connectivity index (χ3n) is 5.95. The van der Waals surface area contributed by atoms with Crippen LogP contribution in [0.15, 0.2) is 34.7 Å². The zero-order valence-corrected chi connectivity index (χ0v) is 22.9. The number of unbranched alkanes of at least 4 members (excludes halogenated alkanes) is 2. The second kappa shape index (κ2) is 16.0. The summed E-state index contributed by atoms with van der Waals surface area (Å²) in [5, 5.41) is 7.25. The monoisotopic (exact) mass is 535 g/mol. The second-order valence-corrected chi connectivity index (χ2v) is 9.21. The number of hydrogen-bond donors (Lipinski definition) is 3. The van der Waals surface area contributed by atoms with E-state index in [1.165, 1.54) is 12.2 Å². The van der Waals surface area contributed by atoms with Crippen LogP contribution in [-0.4, -0.2) is 54.6 Å². The Morgan fingerprint density at radius 1 is 1.16 bits per heavy atom. The summed E-state index contributed by atoms with van der Waals surface area (Å²) < 4.78 is 11.3. The van der Waals surface area contributed by atoms with Gasteiger partial charge in [0.2, 0.25) is 12.3 Å². The van der Waals surface area contributed by atoms with Gasteiger partial charge in [-0.15, -0.1) is 0 Å². The van der Waals surface area contributed by atoms with Gasteiger partial charge in [-0.1, -0.05) is 33.1 Å². The average Bonchev–Trinajstić information content (AvgIpc) is 3.41. The molecule has 1 aromatic heterocycles. The molecule has 3 amide bonds. The highest BCUT2D eigenvalue weighted by atomic mass is 31.1. The summed E-state index contributed by atoms with van der Waals surface area (Å²) >= 11 is 0. The fourth-order valence-electron chi connectivity index (χ4n) is 4.11. The van der Waals surface area contributed by atoms with Crippen LogP contribution in [0.4, 0.5) is 0 Å². The van der Waals surface area contributed by atoms with Gasteiger partial charge in [0.05, 0.1) is 32.3 Å². The topological polar surface area (TPSA) is 130 Å². The molecule has 0 spiro atoms. The van der Waals surface area contributed by atoms with Crippen LogP contribution in [0.5, 0.6) is 5.75 Å². The molecule has 0 bridgehead atoms. The van der Waals surface area contributed by atoms with Gasteiger partial charge in [-0.05, 0) is 50.1 Å². The average molecular weight is 536 g/mol. The molecule has 3 atom stereocenters. The lowest BCUT2D eigenvalue weighted by Gasteiger charge is -2.31. The predicted octanol–water partition coefficient (Wildman–Crippen LogP) is 3.35. The van der Waals surface area contributed by atoms with E-state index in [0.717, 1.165) is 19.3 Å². The fraction of sp³-hybridized carbons (Fsp3) is 0.500. The lowest BCUT2D eigenvalue weighted by atomic mass is 9.90. The lowest BCUT2D eigenvalue weighted by Crippen LogP contribution is -2.48. The van der Waals surface area contributed by atoms with Crippen molar-refractivity contribution in [1.29, 1.82) is 0 Å². The molecule has 10 nitrogen and oxygen atoms in total. The highest BCUT2D eigenvalue weighted by Crippen LogP contribution is 2.27. The van der Waals surface area contributed by atoms with Gasteiger partial charge in [0.25, 0.3) is 5.91 Å². The van der Waals surface area contributed by atoms with Gasteiger partial charge in [-0.3, -0.25) is 19.2 Å².